The molecule has 3 aromatic rings. The summed E-state index contributed by atoms with van der Waals surface area (Å²) in [6.45, 7) is 2.02. The van der Waals surface area contributed by atoms with Crippen molar-refractivity contribution in [1.29, 1.82) is 0 Å². The fourth-order valence-corrected chi connectivity index (χ4v) is 3.21. The lowest BCUT2D eigenvalue weighted by atomic mass is 10.2. The van der Waals surface area contributed by atoms with Gasteiger partial charge in [0.25, 0.3) is 10.1 Å². The molecule has 1 N–H and O–H groups in total. The van der Waals surface area contributed by atoms with Crippen molar-refractivity contribution in [2.24, 2.45) is 0 Å². The first kappa shape index (κ1) is 14.8. The number of fused-ring (bicyclic) bond motifs is 1. The van der Waals surface area contributed by atoms with E-state index in [4.69, 9.17) is 4.18 Å². The van der Waals surface area contributed by atoms with Crippen LogP contribution in [0.5, 0.6) is 0 Å². The van der Waals surface area contributed by atoms with Gasteiger partial charge in [0, 0.05) is 17.6 Å². The lowest BCUT2D eigenvalue weighted by Crippen LogP contribution is -2.09. The predicted octanol–water partition coefficient (Wildman–Crippen LogP) is 3.42. The molecule has 1 aromatic heterocycles. The molecule has 1 heterocycles. The average Bonchev–Trinajstić information content (AvgIpc) is 2.90. The molecule has 2 aromatic carbocycles. The molecule has 0 atom stereocenters. The summed E-state index contributed by atoms with van der Waals surface area (Å²) >= 11 is 0. The number of rotatable bonds is 5. The fourth-order valence-electron chi connectivity index (χ4n) is 2.30. The first-order chi connectivity index (χ1) is 10.5. The number of para-hydroxylation sites is 1. The minimum Gasteiger partial charge on any atom is -0.358 e. The number of aromatic nitrogens is 1. The third-order valence-corrected chi connectivity index (χ3v) is 4.83. The Bertz CT molecular complexity index is 847. The third kappa shape index (κ3) is 3.21. The SMILES string of the molecule is Cc1ccc(S(=O)(=O)OCCc2cc3ccccc3[nH]2)cc1. The van der Waals surface area contributed by atoms with Crippen LogP contribution in [0.25, 0.3) is 10.9 Å². The van der Waals surface area contributed by atoms with E-state index in [-0.39, 0.29) is 11.5 Å². The molecule has 22 heavy (non-hydrogen) atoms. The van der Waals surface area contributed by atoms with Crippen molar-refractivity contribution in [3.63, 3.8) is 0 Å². The number of hydrogen-bond donors (Lipinski definition) is 1. The van der Waals surface area contributed by atoms with E-state index in [1.165, 1.54) is 0 Å². The van der Waals surface area contributed by atoms with Gasteiger partial charge in [0.2, 0.25) is 0 Å². The molecule has 0 saturated heterocycles. The molecule has 3 rings (SSSR count). The maximum Gasteiger partial charge on any atom is 0.296 e. The van der Waals surface area contributed by atoms with E-state index in [1.807, 2.05) is 37.3 Å². The Morgan fingerprint density at radius 1 is 1.05 bits per heavy atom. The van der Waals surface area contributed by atoms with Crippen LogP contribution in [-0.2, 0) is 20.7 Å². The van der Waals surface area contributed by atoms with Gasteiger partial charge in [-0.3, -0.25) is 4.18 Å². The second-order valence-electron chi connectivity index (χ2n) is 5.22. The number of aromatic amines is 1. The Hall–Kier alpha value is -2.11. The maximum atomic E-state index is 12.1. The van der Waals surface area contributed by atoms with Crippen LogP contribution in [-0.4, -0.2) is 20.0 Å². The van der Waals surface area contributed by atoms with Crippen LogP contribution in [0, 0.1) is 6.92 Å². The van der Waals surface area contributed by atoms with Crippen molar-refractivity contribution < 1.29 is 12.6 Å². The fraction of sp³-hybridized carbons (Fsp3) is 0.176. The molecule has 0 aliphatic carbocycles. The molecule has 4 nitrogen and oxygen atoms in total. The molecule has 0 saturated carbocycles. The highest BCUT2D eigenvalue weighted by molar-refractivity contribution is 7.86. The highest BCUT2D eigenvalue weighted by atomic mass is 32.2. The second-order valence-corrected chi connectivity index (χ2v) is 6.84. The molecular weight excluding hydrogens is 298 g/mol. The Kier molecular flexibility index (Phi) is 4.00. The van der Waals surface area contributed by atoms with Crippen LogP contribution < -0.4 is 0 Å². The molecule has 0 bridgehead atoms. The second kappa shape index (κ2) is 5.94. The van der Waals surface area contributed by atoms with E-state index in [1.54, 1.807) is 24.3 Å². The Balaban J connectivity index is 1.65. The van der Waals surface area contributed by atoms with E-state index in [0.717, 1.165) is 22.2 Å². The van der Waals surface area contributed by atoms with Gasteiger partial charge >= 0.3 is 0 Å². The van der Waals surface area contributed by atoms with Gasteiger partial charge in [-0.2, -0.15) is 8.42 Å². The van der Waals surface area contributed by atoms with Crippen LogP contribution in [0.15, 0.2) is 59.5 Å². The van der Waals surface area contributed by atoms with E-state index in [2.05, 4.69) is 4.98 Å². The highest BCUT2D eigenvalue weighted by Crippen LogP contribution is 2.16. The predicted molar refractivity (Wildman–Crippen MR) is 86.3 cm³/mol. The van der Waals surface area contributed by atoms with Crippen LogP contribution in [0.2, 0.25) is 0 Å². The van der Waals surface area contributed by atoms with Gasteiger partial charge in [-0.15, -0.1) is 0 Å². The molecule has 0 spiro atoms. The van der Waals surface area contributed by atoms with E-state index in [0.29, 0.717) is 6.42 Å². The maximum absolute atomic E-state index is 12.1. The van der Waals surface area contributed by atoms with Gasteiger partial charge < -0.3 is 4.98 Å². The molecule has 0 unspecified atom stereocenters. The number of nitrogens with one attached hydrogen (secondary N) is 1. The van der Waals surface area contributed by atoms with Crippen molar-refractivity contribution in [2.75, 3.05) is 6.61 Å². The van der Waals surface area contributed by atoms with E-state index >= 15 is 0 Å². The summed E-state index contributed by atoms with van der Waals surface area (Å²) in [6, 6.07) is 16.6. The Labute approximate surface area is 129 Å². The molecule has 5 heteroatoms. The molecule has 0 aliphatic heterocycles. The molecule has 0 fully saturated rings. The zero-order valence-electron chi connectivity index (χ0n) is 12.2. The summed E-state index contributed by atoms with van der Waals surface area (Å²) < 4.78 is 29.3. The summed E-state index contributed by atoms with van der Waals surface area (Å²) in [7, 11) is -3.69. The van der Waals surface area contributed by atoms with Crippen LogP contribution in [0.3, 0.4) is 0 Å². The smallest absolute Gasteiger partial charge is 0.296 e. The monoisotopic (exact) mass is 315 g/mol. The lowest BCUT2D eigenvalue weighted by molar-refractivity contribution is 0.321. The van der Waals surface area contributed by atoms with Crippen molar-refractivity contribution in [1.82, 2.24) is 4.98 Å². The average molecular weight is 315 g/mol. The van der Waals surface area contributed by atoms with Crippen molar-refractivity contribution in [3.8, 4) is 0 Å². The van der Waals surface area contributed by atoms with Gasteiger partial charge in [0.05, 0.1) is 11.5 Å². The summed E-state index contributed by atoms with van der Waals surface area (Å²) in [4.78, 5) is 3.44. The molecular formula is C17H17NO3S. The van der Waals surface area contributed by atoms with Gasteiger partial charge in [-0.1, -0.05) is 35.9 Å². The van der Waals surface area contributed by atoms with Gasteiger partial charge in [-0.05, 0) is 36.6 Å². The quantitative estimate of drug-likeness (QED) is 0.734. The van der Waals surface area contributed by atoms with Gasteiger partial charge in [-0.25, -0.2) is 0 Å². The molecule has 0 amide bonds. The number of H-pyrrole nitrogens is 1. The summed E-state index contributed by atoms with van der Waals surface area (Å²) in [5.74, 6) is 0. The minimum atomic E-state index is -3.69. The zero-order chi connectivity index (χ0) is 15.6. The Morgan fingerprint density at radius 3 is 2.50 bits per heavy atom. The standard InChI is InChI=1S/C17H17NO3S/c1-13-6-8-16(9-7-13)22(19,20)21-11-10-15-12-14-4-2-3-5-17(14)18-15/h2-9,12,18H,10-11H2,1H3. The molecule has 114 valence electrons. The minimum absolute atomic E-state index is 0.114. The van der Waals surface area contributed by atoms with Gasteiger partial charge in [0.15, 0.2) is 0 Å². The topological polar surface area (TPSA) is 59.2 Å². The number of aryl methyl sites for hydroxylation is 1. The zero-order valence-corrected chi connectivity index (χ0v) is 13.1. The van der Waals surface area contributed by atoms with Crippen LogP contribution >= 0.6 is 0 Å². The normalized spacial score (nSPS) is 11.9. The number of hydrogen-bond acceptors (Lipinski definition) is 3. The van der Waals surface area contributed by atoms with Crippen molar-refractivity contribution in [3.05, 3.63) is 65.9 Å². The van der Waals surface area contributed by atoms with Crippen molar-refractivity contribution in [2.45, 2.75) is 18.2 Å². The first-order valence-corrected chi connectivity index (χ1v) is 8.48. The number of benzene rings is 2. The van der Waals surface area contributed by atoms with Gasteiger partial charge in [0.1, 0.15) is 0 Å². The third-order valence-electron chi connectivity index (χ3n) is 3.51. The van der Waals surface area contributed by atoms with E-state index in [9.17, 15) is 8.42 Å². The van der Waals surface area contributed by atoms with E-state index < -0.39 is 10.1 Å². The van der Waals surface area contributed by atoms with Crippen molar-refractivity contribution >= 4 is 21.0 Å². The highest BCUT2D eigenvalue weighted by Gasteiger charge is 2.14. The lowest BCUT2D eigenvalue weighted by Gasteiger charge is -2.05. The summed E-state index contributed by atoms with van der Waals surface area (Å²) in [6.07, 6.45) is 0.514. The first-order valence-electron chi connectivity index (χ1n) is 7.07. The van der Waals surface area contributed by atoms with Crippen LogP contribution in [0.4, 0.5) is 0 Å². The summed E-state index contributed by atoms with van der Waals surface area (Å²) in [5, 5.41) is 1.11. The van der Waals surface area contributed by atoms with Crippen LogP contribution in [0.1, 0.15) is 11.3 Å². The molecule has 0 aliphatic rings. The summed E-state index contributed by atoms with van der Waals surface area (Å²) in [5.41, 5.74) is 3.01. The Morgan fingerprint density at radius 2 is 1.77 bits per heavy atom. The molecule has 0 radical (unpaired) electrons. The largest absolute Gasteiger partial charge is 0.358 e.